The topological polar surface area (TPSA) is 35.2 Å². The minimum Gasteiger partial charge on any atom is -0.497 e. The molecule has 0 heterocycles. The molecule has 0 aliphatic carbocycles. The Morgan fingerprint density at radius 3 is 2.92 bits per heavy atom. The molecule has 0 spiro atoms. The van der Waals surface area contributed by atoms with Crippen LogP contribution in [0.15, 0.2) is 24.3 Å². The predicted molar refractivity (Wildman–Crippen MR) is 50.6 cm³/mol. The zero-order valence-electron chi connectivity index (χ0n) is 7.66. The fraction of sp³-hybridized carbons (Fsp3) is 0.400. The van der Waals surface area contributed by atoms with E-state index in [-0.39, 0.29) is 6.54 Å². The molecule has 1 atom stereocenters. The Bertz CT molecular complexity index is 265. The first kappa shape index (κ1) is 9.99. The van der Waals surface area contributed by atoms with Crippen molar-refractivity contribution >= 4 is 0 Å². The molecule has 0 amide bonds. The molecule has 1 unspecified atom stereocenters. The van der Waals surface area contributed by atoms with Crippen LogP contribution in [0.3, 0.4) is 0 Å². The minimum absolute atomic E-state index is 0.0667. The van der Waals surface area contributed by atoms with E-state index in [0.717, 1.165) is 11.3 Å². The van der Waals surface area contributed by atoms with E-state index >= 15 is 0 Å². The molecule has 1 aromatic carbocycles. The van der Waals surface area contributed by atoms with Crippen LogP contribution in [0.25, 0.3) is 0 Å². The van der Waals surface area contributed by atoms with Crippen molar-refractivity contribution in [2.45, 2.75) is 12.6 Å². The second-order valence-corrected chi connectivity index (χ2v) is 2.89. The van der Waals surface area contributed by atoms with Crippen LogP contribution < -0.4 is 10.5 Å². The van der Waals surface area contributed by atoms with Crippen LogP contribution in [0, 0.1) is 0 Å². The van der Waals surface area contributed by atoms with Crippen LogP contribution in [0.5, 0.6) is 5.75 Å². The summed E-state index contributed by atoms with van der Waals surface area (Å²) in [6.45, 7) is 0.0667. The molecule has 0 aliphatic heterocycles. The SMILES string of the molecule is COc1cccc(CC(F)CN)c1. The standard InChI is InChI=1S/C10H14FNO/c1-13-10-4-2-3-8(6-10)5-9(11)7-12/h2-4,6,9H,5,7,12H2,1H3. The molecule has 0 aliphatic rings. The first-order valence-electron chi connectivity index (χ1n) is 4.23. The van der Waals surface area contributed by atoms with Crippen LogP contribution in [-0.4, -0.2) is 19.8 Å². The van der Waals surface area contributed by atoms with Crippen molar-refractivity contribution in [3.63, 3.8) is 0 Å². The third kappa shape index (κ3) is 3.03. The molecule has 2 nitrogen and oxygen atoms in total. The fourth-order valence-electron chi connectivity index (χ4n) is 1.14. The van der Waals surface area contributed by atoms with E-state index in [4.69, 9.17) is 10.5 Å². The lowest BCUT2D eigenvalue weighted by molar-refractivity contribution is 0.339. The maximum absolute atomic E-state index is 12.9. The minimum atomic E-state index is -0.966. The number of halogens is 1. The van der Waals surface area contributed by atoms with E-state index in [1.165, 1.54) is 0 Å². The molecule has 72 valence electrons. The molecule has 3 heteroatoms. The highest BCUT2D eigenvalue weighted by molar-refractivity contribution is 5.28. The average Bonchev–Trinajstić information content (AvgIpc) is 2.18. The summed E-state index contributed by atoms with van der Waals surface area (Å²) >= 11 is 0. The van der Waals surface area contributed by atoms with Gasteiger partial charge in [0, 0.05) is 13.0 Å². The van der Waals surface area contributed by atoms with Gasteiger partial charge in [0.1, 0.15) is 11.9 Å². The van der Waals surface area contributed by atoms with Crippen molar-refractivity contribution in [2.24, 2.45) is 5.73 Å². The Labute approximate surface area is 77.5 Å². The van der Waals surface area contributed by atoms with Crippen molar-refractivity contribution in [1.29, 1.82) is 0 Å². The molecule has 2 N–H and O–H groups in total. The van der Waals surface area contributed by atoms with Gasteiger partial charge in [0.25, 0.3) is 0 Å². The van der Waals surface area contributed by atoms with Gasteiger partial charge in [-0.3, -0.25) is 0 Å². The highest BCUT2D eigenvalue weighted by atomic mass is 19.1. The van der Waals surface area contributed by atoms with Gasteiger partial charge in [-0.25, -0.2) is 4.39 Å². The first-order valence-corrected chi connectivity index (χ1v) is 4.23. The molecule has 0 saturated heterocycles. The second-order valence-electron chi connectivity index (χ2n) is 2.89. The van der Waals surface area contributed by atoms with E-state index in [0.29, 0.717) is 6.42 Å². The molecular formula is C10H14FNO. The third-order valence-corrected chi connectivity index (χ3v) is 1.85. The molecule has 0 radical (unpaired) electrons. The number of rotatable bonds is 4. The zero-order chi connectivity index (χ0) is 9.68. The Hall–Kier alpha value is -1.09. The van der Waals surface area contributed by atoms with Crippen LogP contribution in [0.4, 0.5) is 4.39 Å². The van der Waals surface area contributed by atoms with Crippen molar-refractivity contribution in [3.8, 4) is 5.75 Å². The number of hydrogen-bond donors (Lipinski definition) is 1. The first-order chi connectivity index (χ1) is 6.26. The van der Waals surface area contributed by atoms with E-state index in [2.05, 4.69) is 0 Å². The van der Waals surface area contributed by atoms with Crippen molar-refractivity contribution in [2.75, 3.05) is 13.7 Å². The van der Waals surface area contributed by atoms with E-state index in [1.807, 2.05) is 24.3 Å². The van der Waals surface area contributed by atoms with Gasteiger partial charge in [-0.05, 0) is 17.7 Å². The molecule has 1 rings (SSSR count). The van der Waals surface area contributed by atoms with Crippen LogP contribution in [0.2, 0.25) is 0 Å². The normalized spacial score (nSPS) is 12.5. The summed E-state index contributed by atoms with van der Waals surface area (Å²) in [4.78, 5) is 0. The maximum Gasteiger partial charge on any atom is 0.119 e. The average molecular weight is 183 g/mol. The Morgan fingerprint density at radius 1 is 1.54 bits per heavy atom. The summed E-state index contributed by atoms with van der Waals surface area (Å²) in [5.74, 6) is 0.752. The predicted octanol–water partition coefficient (Wildman–Crippen LogP) is 1.53. The summed E-state index contributed by atoms with van der Waals surface area (Å²) < 4.78 is 17.9. The number of nitrogens with two attached hydrogens (primary N) is 1. The highest BCUT2D eigenvalue weighted by Gasteiger charge is 2.05. The monoisotopic (exact) mass is 183 g/mol. The molecule has 0 saturated carbocycles. The Morgan fingerprint density at radius 2 is 2.31 bits per heavy atom. The van der Waals surface area contributed by atoms with E-state index in [9.17, 15) is 4.39 Å². The number of methoxy groups -OCH3 is 1. The zero-order valence-corrected chi connectivity index (χ0v) is 7.66. The van der Waals surface area contributed by atoms with Gasteiger partial charge in [0.2, 0.25) is 0 Å². The molecular weight excluding hydrogens is 169 g/mol. The van der Waals surface area contributed by atoms with Crippen molar-refractivity contribution < 1.29 is 9.13 Å². The maximum atomic E-state index is 12.9. The van der Waals surface area contributed by atoms with Crippen LogP contribution in [0.1, 0.15) is 5.56 Å². The quantitative estimate of drug-likeness (QED) is 0.768. The summed E-state index contributed by atoms with van der Waals surface area (Å²) in [7, 11) is 1.59. The summed E-state index contributed by atoms with van der Waals surface area (Å²) in [5.41, 5.74) is 6.10. The fourth-order valence-corrected chi connectivity index (χ4v) is 1.14. The lowest BCUT2D eigenvalue weighted by Crippen LogP contribution is -2.17. The van der Waals surface area contributed by atoms with Crippen molar-refractivity contribution in [3.05, 3.63) is 29.8 Å². The number of alkyl halides is 1. The van der Waals surface area contributed by atoms with Gasteiger partial charge in [-0.1, -0.05) is 12.1 Å². The molecule has 0 fully saturated rings. The number of hydrogen-bond acceptors (Lipinski definition) is 2. The van der Waals surface area contributed by atoms with E-state index in [1.54, 1.807) is 7.11 Å². The second kappa shape index (κ2) is 4.82. The van der Waals surface area contributed by atoms with Gasteiger partial charge in [-0.15, -0.1) is 0 Å². The molecule has 1 aromatic rings. The number of ether oxygens (including phenoxy) is 1. The lowest BCUT2D eigenvalue weighted by Gasteiger charge is -2.06. The summed E-state index contributed by atoms with van der Waals surface area (Å²) in [5, 5.41) is 0. The smallest absolute Gasteiger partial charge is 0.119 e. The third-order valence-electron chi connectivity index (χ3n) is 1.85. The summed E-state index contributed by atoms with van der Waals surface area (Å²) in [6.07, 6.45) is -0.611. The van der Waals surface area contributed by atoms with Gasteiger partial charge >= 0.3 is 0 Å². The lowest BCUT2D eigenvalue weighted by atomic mass is 10.1. The van der Waals surface area contributed by atoms with Gasteiger partial charge < -0.3 is 10.5 Å². The van der Waals surface area contributed by atoms with Crippen LogP contribution in [-0.2, 0) is 6.42 Å². The van der Waals surface area contributed by atoms with Crippen LogP contribution >= 0.6 is 0 Å². The molecule has 0 aromatic heterocycles. The molecule has 0 bridgehead atoms. The van der Waals surface area contributed by atoms with Gasteiger partial charge in [0.05, 0.1) is 7.11 Å². The number of benzene rings is 1. The Kier molecular flexibility index (Phi) is 3.71. The van der Waals surface area contributed by atoms with Crippen molar-refractivity contribution in [1.82, 2.24) is 0 Å². The highest BCUT2D eigenvalue weighted by Crippen LogP contribution is 2.14. The molecule has 13 heavy (non-hydrogen) atoms. The summed E-state index contributed by atoms with van der Waals surface area (Å²) in [6, 6.07) is 7.36. The Balaban J connectivity index is 2.66. The van der Waals surface area contributed by atoms with Gasteiger partial charge in [0.15, 0.2) is 0 Å². The van der Waals surface area contributed by atoms with E-state index < -0.39 is 6.17 Å². The largest absolute Gasteiger partial charge is 0.497 e. The van der Waals surface area contributed by atoms with Gasteiger partial charge in [-0.2, -0.15) is 0 Å².